The van der Waals surface area contributed by atoms with Crippen LogP contribution in [0.15, 0.2) is 59.5 Å². The monoisotopic (exact) mass is 379 g/mol. The van der Waals surface area contributed by atoms with E-state index in [0.717, 1.165) is 22.6 Å². The molecule has 1 fully saturated rings. The van der Waals surface area contributed by atoms with Gasteiger partial charge in [-0.15, -0.1) is 23.5 Å². The van der Waals surface area contributed by atoms with Gasteiger partial charge in [-0.2, -0.15) is 0 Å². The summed E-state index contributed by atoms with van der Waals surface area (Å²) in [6.07, 6.45) is 1.18. The van der Waals surface area contributed by atoms with Crippen LogP contribution in [0.5, 0.6) is 0 Å². The van der Waals surface area contributed by atoms with Crippen molar-refractivity contribution >= 4 is 33.5 Å². The Bertz CT molecular complexity index is 755. The van der Waals surface area contributed by atoms with E-state index in [2.05, 4.69) is 4.72 Å². The van der Waals surface area contributed by atoms with Gasteiger partial charge in [0, 0.05) is 0 Å². The molecule has 1 atom stereocenters. The third-order valence-corrected chi connectivity index (χ3v) is 8.42. The van der Waals surface area contributed by atoms with E-state index >= 15 is 0 Å². The predicted molar refractivity (Wildman–Crippen MR) is 104 cm³/mol. The summed E-state index contributed by atoms with van der Waals surface area (Å²) in [6.45, 7) is 1.95. The van der Waals surface area contributed by atoms with Crippen molar-refractivity contribution in [1.82, 2.24) is 4.72 Å². The summed E-state index contributed by atoms with van der Waals surface area (Å²) in [7, 11) is -3.55. The minimum absolute atomic E-state index is 0.196. The van der Waals surface area contributed by atoms with Gasteiger partial charge in [0.25, 0.3) is 0 Å². The van der Waals surface area contributed by atoms with E-state index in [4.69, 9.17) is 0 Å². The fraction of sp³-hybridized carbons (Fsp3) is 0.333. The molecule has 0 unspecified atom stereocenters. The molecule has 0 spiro atoms. The van der Waals surface area contributed by atoms with Crippen molar-refractivity contribution in [3.63, 3.8) is 0 Å². The molecule has 24 heavy (non-hydrogen) atoms. The molecule has 0 radical (unpaired) electrons. The quantitative estimate of drug-likeness (QED) is 0.845. The fourth-order valence-electron chi connectivity index (χ4n) is 2.59. The van der Waals surface area contributed by atoms with Crippen molar-refractivity contribution in [2.45, 2.75) is 28.9 Å². The maximum absolute atomic E-state index is 12.8. The van der Waals surface area contributed by atoms with Gasteiger partial charge in [-0.25, -0.2) is 13.1 Å². The number of hydrogen-bond acceptors (Lipinski definition) is 4. The molecule has 1 heterocycles. The average molecular weight is 380 g/mol. The van der Waals surface area contributed by atoms with Crippen LogP contribution in [0.3, 0.4) is 0 Å². The first-order valence-electron chi connectivity index (χ1n) is 7.93. The SMILES string of the molecule is Cc1ccc(S(=O)(=O)N[C@@H](c2ccccc2)C2SCCCS2)cc1. The van der Waals surface area contributed by atoms with Gasteiger partial charge in [0.15, 0.2) is 0 Å². The first-order chi connectivity index (χ1) is 11.6. The standard InChI is InChI=1S/C18H21NO2S3/c1-14-8-10-16(11-9-14)24(20,21)19-17(15-6-3-2-4-7-15)18-22-12-5-13-23-18/h2-4,6-11,17-19H,5,12-13H2,1H3/t17-/m0/s1. The zero-order valence-electron chi connectivity index (χ0n) is 13.5. The molecule has 2 aromatic carbocycles. The van der Waals surface area contributed by atoms with Crippen molar-refractivity contribution in [1.29, 1.82) is 0 Å². The summed E-state index contributed by atoms with van der Waals surface area (Å²) in [4.78, 5) is 0.319. The van der Waals surface area contributed by atoms with Crippen molar-refractivity contribution in [3.8, 4) is 0 Å². The Hall–Kier alpha value is -0.950. The van der Waals surface area contributed by atoms with Crippen molar-refractivity contribution in [2.75, 3.05) is 11.5 Å². The molecule has 3 rings (SSSR count). The summed E-state index contributed by atoms with van der Waals surface area (Å²) < 4.78 is 28.8. The Kier molecular flexibility index (Phi) is 5.92. The van der Waals surface area contributed by atoms with Gasteiger partial charge in [0.1, 0.15) is 0 Å². The lowest BCUT2D eigenvalue weighted by molar-refractivity contribution is 0.565. The minimum atomic E-state index is -3.55. The second kappa shape index (κ2) is 7.95. The number of thioether (sulfide) groups is 2. The highest BCUT2D eigenvalue weighted by Crippen LogP contribution is 2.40. The van der Waals surface area contributed by atoms with Crippen LogP contribution in [-0.4, -0.2) is 24.5 Å². The Morgan fingerprint density at radius 2 is 1.62 bits per heavy atom. The third kappa shape index (κ3) is 4.36. The topological polar surface area (TPSA) is 46.2 Å². The molecule has 3 nitrogen and oxygen atoms in total. The highest BCUT2D eigenvalue weighted by atomic mass is 32.2. The van der Waals surface area contributed by atoms with Crippen molar-refractivity contribution in [3.05, 3.63) is 65.7 Å². The second-order valence-corrected chi connectivity index (χ2v) is 10.3. The van der Waals surface area contributed by atoms with Crippen LogP contribution in [0, 0.1) is 6.92 Å². The number of rotatable bonds is 5. The molecular weight excluding hydrogens is 358 g/mol. The van der Waals surface area contributed by atoms with Gasteiger partial charge in [0.2, 0.25) is 10.0 Å². The molecule has 1 saturated heterocycles. The van der Waals surface area contributed by atoms with Gasteiger partial charge >= 0.3 is 0 Å². The van der Waals surface area contributed by atoms with Gasteiger partial charge in [-0.1, -0.05) is 48.0 Å². The molecule has 1 aliphatic rings. The smallest absolute Gasteiger partial charge is 0.207 e. The zero-order valence-corrected chi connectivity index (χ0v) is 16.0. The average Bonchev–Trinajstić information content (AvgIpc) is 2.62. The first-order valence-corrected chi connectivity index (χ1v) is 11.5. The van der Waals surface area contributed by atoms with E-state index < -0.39 is 10.0 Å². The normalized spacial score (nSPS) is 17.5. The lowest BCUT2D eigenvalue weighted by atomic mass is 10.1. The summed E-state index contributed by atoms with van der Waals surface area (Å²) in [5.74, 6) is 2.15. The van der Waals surface area contributed by atoms with E-state index in [1.807, 2.05) is 72.9 Å². The van der Waals surface area contributed by atoms with Crippen LogP contribution >= 0.6 is 23.5 Å². The van der Waals surface area contributed by atoms with Gasteiger partial charge < -0.3 is 0 Å². The van der Waals surface area contributed by atoms with Crippen LogP contribution in [0.25, 0.3) is 0 Å². The largest absolute Gasteiger partial charge is 0.241 e. The van der Waals surface area contributed by atoms with E-state index in [1.165, 1.54) is 6.42 Å². The highest BCUT2D eigenvalue weighted by molar-refractivity contribution is 8.17. The second-order valence-electron chi connectivity index (χ2n) is 5.79. The van der Waals surface area contributed by atoms with Crippen LogP contribution in [0.2, 0.25) is 0 Å². The lowest BCUT2D eigenvalue weighted by Crippen LogP contribution is -2.35. The van der Waals surface area contributed by atoms with Crippen LogP contribution < -0.4 is 4.72 Å². The van der Waals surface area contributed by atoms with Crippen LogP contribution in [-0.2, 0) is 10.0 Å². The van der Waals surface area contributed by atoms with Crippen LogP contribution in [0.1, 0.15) is 23.6 Å². The number of hydrogen-bond donors (Lipinski definition) is 1. The van der Waals surface area contributed by atoms with Gasteiger partial charge in [0.05, 0.1) is 15.5 Å². The Balaban J connectivity index is 1.89. The third-order valence-electron chi connectivity index (χ3n) is 3.90. The molecule has 6 heteroatoms. The molecule has 0 amide bonds. The first kappa shape index (κ1) is 17.9. The summed E-state index contributed by atoms with van der Waals surface area (Å²) in [5, 5.41) is 0. The van der Waals surface area contributed by atoms with Gasteiger partial charge in [-0.05, 0) is 42.5 Å². The van der Waals surface area contributed by atoms with E-state index in [-0.39, 0.29) is 10.6 Å². The molecule has 1 N–H and O–H groups in total. The van der Waals surface area contributed by atoms with Crippen molar-refractivity contribution in [2.24, 2.45) is 0 Å². The summed E-state index contributed by atoms with van der Waals surface area (Å²) in [5.41, 5.74) is 2.06. The van der Waals surface area contributed by atoms with Crippen LogP contribution in [0.4, 0.5) is 0 Å². The molecule has 0 aliphatic carbocycles. The fourth-order valence-corrected chi connectivity index (χ4v) is 7.07. The Morgan fingerprint density at radius 1 is 1.00 bits per heavy atom. The van der Waals surface area contributed by atoms with Gasteiger partial charge in [-0.3, -0.25) is 0 Å². The molecule has 1 aliphatic heterocycles. The lowest BCUT2D eigenvalue weighted by Gasteiger charge is -2.30. The van der Waals surface area contributed by atoms with E-state index in [0.29, 0.717) is 4.90 Å². The summed E-state index contributed by atoms with van der Waals surface area (Å²) in [6, 6.07) is 16.6. The van der Waals surface area contributed by atoms with Crippen molar-refractivity contribution < 1.29 is 8.42 Å². The molecule has 0 bridgehead atoms. The van der Waals surface area contributed by atoms with E-state index in [9.17, 15) is 8.42 Å². The number of nitrogens with one attached hydrogen (secondary N) is 1. The minimum Gasteiger partial charge on any atom is -0.207 e. The Labute approximate surface area is 152 Å². The maximum Gasteiger partial charge on any atom is 0.241 e. The molecule has 2 aromatic rings. The maximum atomic E-state index is 12.8. The highest BCUT2D eigenvalue weighted by Gasteiger charge is 2.30. The molecule has 128 valence electrons. The molecular formula is C18H21NO2S3. The number of sulfonamides is 1. The zero-order chi connectivity index (χ0) is 17.0. The Morgan fingerprint density at radius 3 is 2.25 bits per heavy atom. The molecule has 0 aromatic heterocycles. The summed E-state index contributed by atoms with van der Waals surface area (Å²) >= 11 is 3.68. The molecule has 0 saturated carbocycles. The predicted octanol–water partition coefficient (Wildman–Crippen LogP) is 4.21. The van der Waals surface area contributed by atoms with E-state index in [1.54, 1.807) is 12.1 Å². The number of benzene rings is 2. The number of aryl methyl sites for hydroxylation is 1.